The molecule has 0 aromatic carbocycles. The fraction of sp³-hybridized carbons (Fsp3) is 1.00. The van der Waals surface area contributed by atoms with Crippen molar-refractivity contribution in [2.45, 2.75) is 0 Å². The maximum Gasteiger partial charge on any atom is 0.0236 e. The van der Waals surface area contributed by atoms with Crippen LogP contribution >= 0.6 is 12.1 Å². The van der Waals surface area contributed by atoms with E-state index >= 15 is 0 Å². The molecule has 7 heavy (non-hydrogen) atoms. The maximum atomic E-state index is 2.22. The molecule has 0 N–H and O–H groups in total. The molecule has 1 saturated heterocycles. The molecule has 42 valence electrons. The Morgan fingerprint density at radius 3 is 1.71 bits per heavy atom. The molecule has 0 bridgehead atoms. The lowest BCUT2D eigenvalue weighted by molar-refractivity contribution is 0.553. The summed E-state index contributed by atoms with van der Waals surface area (Å²) in [5.41, 5.74) is 0. The molecule has 0 amide bonds. The van der Waals surface area contributed by atoms with E-state index in [0.717, 1.165) is 0 Å². The van der Waals surface area contributed by atoms with Crippen molar-refractivity contribution in [2.24, 2.45) is 0 Å². The number of rotatable bonds is 0. The third-order valence-electron chi connectivity index (χ3n) is 1.01. The van der Waals surface area contributed by atoms with Crippen molar-refractivity contribution in [3.8, 4) is 0 Å². The lowest BCUT2D eigenvalue weighted by Gasteiger charge is -2.03. The highest BCUT2D eigenvalue weighted by Gasteiger charge is 2.11. The molecular weight excluding hydrogens is 108 g/mol. The first-order valence-corrected chi connectivity index (χ1v) is 3.12. The summed E-state index contributed by atoms with van der Waals surface area (Å²) < 4.78 is 4.44. The Hall–Kier alpha value is 0.270. The molecular formula is C4H10N2S. The van der Waals surface area contributed by atoms with Gasteiger partial charge in [0.25, 0.3) is 0 Å². The molecule has 2 nitrogen and oxygen atoms in total. The average molecular weight is 118 g/mol. The van der Waals surface area contributed by atoms with E-state index in [9.17, 15) is 0 Å². The van der Waals surface area contributed by atoms with E-state index in [1.54, 1.807) is 12.1 Å². The molecule has 1 fully saturated rings. The van der Waals surface area contributed by atoms with Gasteiger partial charge in [0.05, 0.1) is 0 Å². The summed E-state index contributed by atoms with van der Waals surface area (Å²) in [4.78, 5) is 0. The number of hydrogen-bond acceptors (Lipinski definition) is 3. The highest BCUT2D eigenvalue weighted by molar-refractivity contribution is 7.94. The third kappa shape index (κ3) is 1.33. The molecule has 1 aliphatic rings. The van der Waals surface area contributed by atoms with Crippen LogP contribution in [-0.2, 0) is 0 Å². The molecule has 0 spiro atoms. The van der Waals surface area contributed by atoms with Crippen LogP contribution in [0.5, 0.6) is 0 Å². The van der Waals surface area contributed by atoms with Crippen LogP contribution < -0.4 is 0 Å². The van der Waals surface area contributed by atoms with Crippen LogP contribution in [0.2, 0.25) is 0 Å². The van der Waals surface area contributed by atoms with Gasteiger partial charge >= 0.3 is 0 Å². The largest absolute Gasteiger partial charge is 0.239 e. The van der Waals surface area contributed by atoms with Crippen molar-refractivity contribution in [1.29, 1.82) is 0 Å². The second-order valence-electron chi connectivity index (χ2n) is 1.78. The number of likely N-dealkylation sites (N-methyl/N-ethyl adjacent to an activating group) is 2. The van der Waals surface area contributed by atoms with E-state index in [-0.39, 0.29) is 0 Å². The number of hydrogen-bond donors (Lipinski definition) is 0. The minimum atomic E-state index is 1.20. The zero-order valence-electron chi connectivity index (χ0n) is 4.72. The monoisotopic (exact) mass is 118 g/mol. The van der Waals surface area contributed by atoms with Gasteiger partial charge in [-0.15, -0.1) is 0 Å². The molecule has 1 aliphatic heterocycles. The second kappa shape index (κ2) is 2.03. The van der Waals surface area contributed by atoms with Gasteiger partial charge in [-0.3, -0.25) is 0 Å². The summed E-state index contributed by atoms with van der Waals surface area (Å²) >= 11 is 1.79. The van der Waals surface area contributed by atoms with Gasteiger partial charge in [0.1, 0.15) is 0 Å². The molecule has 0 atom stereocenters. The summed E-state index contributed by atoms with van der Waals surface area (Å²) in [5, 5.41) is 0. The van der Waals surface area contributed by atoms with Gasteiger partial charge in [0.2, 0.25) is 0 Å². The van der Waals surface area contributed by atoms with Gasteiger partial charge in [-0.25, -0.2) is 8.61 Å². The Morgan fingerprint density at radius 2 is 1.57 bits per heavy atom. The SMILES string of the molecule is CN1CCN(C)S1. The second-order valence-corrected chi connectivity index (χ2v) is 3.19. The van der Waals surface area contributed by atoms with Crippen molar-refractivity contribution < 1.29 is 0 Å². The van der Waals surface area contributed by atoms with Crippen LogP contribution in [0.1, 0.15) is 0 Å². The van der Waals surface area contributed by atoms with Gasteiger partial charge in [-0.1, -0.05) is 0 Å². The fourth-order valence-corrected chi connectivity index (χ4v) is 1.40. The van der Waals surface area contributed by atoms with Gasteiger partial charge in [-0.2, -0.15) is 0 Å². The fourth-order valence-electron chi connectivity index (χ4n) is 0.601. The van der Waals surface area contributed by atoms with E-state index in [1.165, 1.54) is 13.1 Å². The van der Waals surface area contributed by atoms with Crippen LogP contribution in [0, 0.1) is 0 Å². The zero-order chi connectivity index (χ0) is 5.28. The zero-order valence-corrected chi connectivity index (χ0v) is 5.53. The van der Waals surface area contributed by atoms with Gasteiger partial charge in [-0.05, 0) is 14.1 Å². The Labute approximate surface area is 48.7 Å². The van der Waals surface area contributed by atoms with E-state index in [4.69, 9.17) is 0 Å². The molecule has 0 radical (unpaired) electrons. The van der Waals surface area contributed by atoms with Crippen LogP contribution in [-0.4, -0.2) is 35.8 Å². The lowest BCUT2D eigenvalue weighted by atomic mass is 10.6. The van der Waals surface area contributed by atoms with Crippen LogP contribution in [0.25, 0.3) is 0 Å². The Bertz CT molecular complexity index is 58.7. The third-order valence-corrected chi connectivity index (χ3v) is 1.93. The summed E-state index contributed by atoms with van der Waals surface area (Å²) in [6, 6.07) is 0. The topological polar surface area (TPSA) is 6.48 Å². The van der Waals surface area contributed by atoms with Gasteiger partial charge in [0.15, 0.2) is 0 Å². The van der Waals surface area contributed by atoms with Crippen molar-refractivity contribution in [1.82, 2.24) is 8.61 Å². The van der Waals surface area contributed by atoms with E-state index in [0.29, 0.717) is 0 Å². The molecule has 0 saturated carbocycles. The standard InChI is InChI=1S/C4H10N2S/c1-5-3-4-6(2)7-5/h3-4H2,1-2H3. The normalized spacial score (nSPS) is 26.6. The summed E-state index contributed by atoms with van der Waals surface area (Å²) in [6.07, 6.45) is 0. The van der Waals surface area contributed by atoms with Crippen molar-refractivity contribution in [3.05, 3.63) is 0 Å². The molecule has 0 aliphatic carbocycles. The Balaban J connectivity index is 2.26. The van der Waals surface area contributed by atoms with Crippen LogP contribution in [0.3, 0.4) is 0 Å². The van der Waals surface area contributed by atoms with E-state index in [2.05, 4.69) is 22.7 Å². The number of nitrogens with zero attached hydrogens (tertiary/aromatic N) is 2. The molecule has 0 unspecified atom stereocenters. The Morgan fingerprint density at radius 1 is 1.14 bits per heavy atom. The minimum absolute atomic E-state index is 1.20. The summed E-state index contributed by atoms with van der Waals surface area (Å²) in [5.74, 6) is 0. The first-order chi connectivity index (χ1) is 3.29. The molecule has 0 aromatic rings. The quantitative estimate of drug-likeness (QED) is 0.426. The predicted molar refractivity (Wildman–Crippen MR) is 32.9 cm³/mol. The van der Waals surface area contributed by atoms with Crippen molar-refractivity contribution >= 4 is 12.1 Å². The van der Waals surface area contributed by atoms with Crippen LogP contribution in [0.15, 0.2) is 0 Å². The van der Waals surface area contributed by atoms with Crippen molar-refractivity contribution in [2.75, 3.05) is 27.2 Å². The van der Waals surface area contributed by atoms with Gasteiger partial charge in [0, 0.05) is 25.2 Å². The molecule has 3 heteroatoms. The maximum absolute atomic E-state index is 2.22. The summed E-state index contributed by atoms with van der Waals surface area (Å²) in [6.45, 7) is 2.39. The smallest absolute Gasteiger partial charge is 0.0236 e. The molecule has 1 rings (SSSR count). The minimum Gasteiger partial charge on any atom is -0.239 e. The predicted octanol–water partition coefficient (Wildman–Crippen LogP) is 0.427. The van der Waals surface area contributed by atoms with E-state index in [1.807, 2.05) is 0 Å². The summed E-state index contributed by atoms with van der Waals surface area (Å²) in [7, 11) is 4.21. The van der Waals surface area contributed by atoms with Crippen molar-refractivity contribution in [3.63, 3.8) is 0 Å². The van der Waals surface area contributed by atoms with Gasteiger partial charge < -0.3 is 0 Å². The lowest BCUT2D eigenvalue weighted by Crippen LogP contribution is -2.05. The molecule has 0 aromatic heterocycles. The highest BCUT2D eigenvalue weighted by atomic mass is 32.2. The first kappa shape index (κ1) is 5.41. The first-order valence-electron chi connectivity index (χ1n) is 2.39. The Kier molecular flexibility index (Phi) is 1.57. The van der Waals surface area contributed by atoms with Crippen LogP contribution in [0.4, 0.5) is 0 Å². The molecule has 1 heterocycles. The average Bonchev–Trinajstić information content (AvgIpc) is 1.87. The van der Waals surface area contributed by atoms with E-state index < -0.39 is 0 Å². The highest BCUT2D eigenvalue weighted by Crippen LogP contribution is 2.16.